The lowest BCUT2D eigenvalue weighted by Crippen LogP contribution is -2.47. The molecule has 1 fully saturated rings. The van der Waals surface area contributed by atoms with Gasteiger partial charge in [-0.2, -0.15) is 4.98 Å². The summed E-state index contributed by atoms with van der Waals surface area (Å²) in [6.07, 6.45) is 6.42. The van der Waals surface area contributed by atoms with E-state index in [0.29, 0.717) is 11.9 Å². The molecule has 0 spiro atoms. The number of hydrogen-bond donors (Lipinski definition) is 2. The van der Waals surface area contributed by atoms with E-state index in [0.717, 1.165) is 68.8 Å². The first kappa shape index (κ1) is 24.2. The highest BCUT2D eigenvalue weighted by molar-refractivity contribution is 5.59. The first-order valence-electron chi connectivity index (χ1n) is 12.8. The molecular weight excluding hydrogens is 486 g/mol. The average Bonchev–Trinajstić information content (AvgIpc) is 2.96. The molecule has 0 bridgehead atoms. The Hall–Kier alpha value is -4.18. The molecule has 0 unspecified atom stereocenters. The van der Waals surface area contributed by atoms with Crippen LogP contribution in [0.2, 0.25) is 0 Å². The largest absolute Gasteiger partial charge is 0.340 e. The summed E-state index contributed by atoms with van der Waals surface area (Å²) in [5, 5.41) is 6.83. The van der Waals surface area contributed by atoms with Crippen molar-refractivity contribution in [1.29, 1.82) is 0 Å². The number of benzene rings is 2. The van der Waals surface area contributed by atoms with Gasteiger partial charge in [-0.3, -0.25) is 0 Å². The molecule has 2 aromatic carbocycles. The molecule has 4 aromatic rings. The topological polar surface area (TPSA) is 82.1 Å². The van der Waals surface area contributed by atoms with Crippen molar-refractivity contribution in [3.63, 3.8) is 0 Å². The zero-order valence-corrected chi connectivity index (χ0v) is 20.9. The Balaban J connectivity index is 1.06. The van der Waals surface area contributed by atoms with Crippen molar-refractivity contribution in [2.24, 2.45) is 0 Å². The molecule has 4 heterocycles. The van der Waals surface area contributed by atoms with Gasteiger partial charge in [0, 0.05) is 63.4 Å². The molecular formula is C28H28F2N8. The van der Waals surface area contributed by atoms with Crippen LogP contribution in [0.3, 0.4) is 0 Å². The van der Waals surface area contributed by atoms with Crippen LogP contribution < -0.4 is 20.4 Å². The van der Waals surface area contributed by atoms with E-state index in [9.17, 15) is 8.78 Å². The van der Waals surface area contributed by atoms with Crippen molar-refractivity contribution in [1.82, 2.24) is 25.3 Å². The summed E-state index contributed by atoms with van der Waals surface area (Å²) < 4.78 is 27.5. The molecule has 2 N–H and O–H groups in total. The molecule has 38 heavy (non-hydrogen) atoms. The zero-order valence-electron chi connectivity index (χ0n) is 20.9. The molecule has 2 aliphatic heterocycles. The van der Waals surface area contributed by atoms with Crippen LogP contribution in [0.25, 0.3) is 0 Å². The van der Waals surface area contributed by atoms with Gasteiger partial charge in [0.25, 0.3) is 0 Å². The van der Waals surface area contributed by atoms with Crippen molar-refractivity contribution in [3.8, 4) is 0 Å². The second-order valence-corrected chi connectivity index (χ2v) is 9.53. The average molecular weight is 515 g/mol. The molecule has 1 saturated heterocycles. The van der Waals surface area contributed by atoms with E-state index in [4.69, 9.17) is 4.98 Å². The molecule has 10 heteroatoms. The van der Waals surface area contributed by atoms with E-state index in [1.165, 1.54) is 17.2 Å². The maximum atomic E-state index is 14.0. The number of hydrogen-bond acceptors (Lipinski definition) is 8. The van der Waals surface area contributed by atoms with Crippen LogP contribution >= 0.6 is 0 Å². The van der Waals surface area contributed by atoms with Crippen LogP contribution in [0.15, 0.2) is 61.1 Å². The Labute approximate surface area is 219 Å². The monoisotopic (exact) mass is 514 g/mol. The standard InChI is InChI=1S/C28H28F2N8/c29-24-3-1-2-21(26(24)30)14-19-16-33-27(34-17-19)37-10-12-38(13-11-37)28-32-9-7-25(36-28)35-23-5-4-20-6-8-31-18-22(20)15-23/h1-5,7,9,15-17,31H,6,8,10-14,18H2,(H,32,35,36). The lowest BCUT2D eigenvalue weighted by atomic mass is 10.0. The van der Waals surface area contributed by atoms with Gasteiger partial charge in [0.1, 0.15) is 5.82 Å². The number of rotatable bonds is 6. The van der Waals surface area contributed by atoms with Crippen LogP contribution in [0.4, 0.5) is 32.2 Å². The second-order valence-electron chi connectivity index (χ2n) is 9.53. The van der Waals surface area contributed by atoms with Gasteiger partial charge >= 0.3 is 0 Å². The highest BCUT2D eigenvalue weighted by Crippen LogP contribution is 2.23. The molecule has 0 radical (unpaired) electrons. The molecule has 0 amide bonds. The Morgan fingerprint density at radius 1 is 0.868 bits per heavy atom. The van der Waals surface area contributed by atoms with Gasteiger partial charge in [-0.15, -0.1) is 0 Å². The fourth-order valence-corrected chi connectivity index (χ4v) is 4.89. The molecule has 194 valence electrons. The minimum atomic E-state index is -0.848. The maximum absolute atomic E-state index is 14.0. The maximum Gasteiger partial charge on any atom is 0.227 e. The van der Waals surface area contributed by atoms with E-state index in [2.05, 4.69) is 53.6 Å². The number of halogens is 2. The highest BCUT2D eigenvalue weighted by Gasteiger charge is 2.21. The highest BCUT2D eigenvalue weighted by atomic mass is 19.2. The predicted molar refractivity (Wildman–Crippen MR) is 143 cm³/mol. The minimum absolute atomic E-state index is 0.238. The summed E-state index contributed by atoms with van der Waals surface area (Å²) in [4.78, 5) is 22.4. The number of aromatic nitrogens is 4. The fraction of sp³-hybridized carbons (Fsp3) is 0.286. The SMILES string of the molecule is Fc1cccc(Cc2cnc(N3CCN(c4nccc(Nc5ccc6c(c5)CNCC6)n4)CC3)nc2)c1F. The van der Waals surface area contributed by atoms with Crippen LogP contribution in [-0.4, -0.2) is 52.7 Å². The van der Waals surface area contributed by atoms with Crippen LogP contribution in [0, 0.1) is 11.6 Å². The summed E-state index contributed by atoms with van der Waals surface area (Å²) in [7, 11) is 0. The number of nitrogens with one attached hydrogen (secondary N) is 2. The summed E-state index contributed by atoms with van der Waals surface area (Å²) >= 11 is 0. The Morgan fingerprint density at radius 2 is 1.66 bits per heavy atom. The van der Waals surface area contributed by atoms with Crippen molar-refractivity contribution < 1.29 is 8.78 Å². The third-order valence-electron chi connectivity index (χ3n) is 6.97. The van der Waals surface area contributed by atoms with E-state index in [1.54, 1.807) is 24.7 Å². The van der Waals surface area contributed by atoms with Gasteiger partial charge in [-0.25, -0.2) is 23.7 Å². The van der Waals surface area contributed by atoms with Gasteiger partial charge in [0.05, 0.1) is 0 Å². The van der Waals surface area contributed by atoms with Gasteiger partial charge < -0.3 is 20.4 Å². The molecule has 2 aromatic heterocycles. The lowest BCUT2D eigenvalue weighted by Gasteiger charge is -2.34. The Morgan fingerprint density at radius 3 is 2.47 bits per heavy atom. The molecule has 0 atom stereocenters. The Bertz CT molecular complexity index is 1420. The van der Waals surface area contributed by atoms with Crippen LogP contribution in [0.5, 0.6) is 0 Å². The predicted octanol–water partition coefficient (Wildman–Crippen LogP) is 3.85. The van der Waals surface area contributed by atoms with Gasteiger partial charge in [-0.1, -0.05) is 18.2 Å². The van der Waals surface area contributed by atoms with Crippen molar-refractivity contribution >= 4 is 23.4 Å². The summed E-state index contributed by atoms with van der Waals surface area (Å²) in [6, 6.07) is 12.5. The summed E-state index contributed by atoms with van der Waals surface area (Å²) in [5.41, 5.74) is 4.75. The van der Waals surface area contributed by atoms with Crippen molar-refractivity contribution in [3.05, 3.63) is 94.9 Å². The fourth-order valence-electron chi connectivity index (χ4n) is 4.89. The van der Waals surface area contributed by atoms with E-state index in [1.807, 2.05) is 6.07 Å². The molecule has 8 nitrogen and oxygen atoms in total. The molecule has 6 rings (SSSR count). The second kappa shape index (κ2) is 10.7. The molecule has 0 saturated carbocycles. The first-order chi connectivity index (χ1) is 18.6. The van der Waals surface area contributed by atoms with Crippen LogP contribution in [0.1, 0.15) is 22.3 Å². The van der Waals surface area contributed by atoms with Gasteiger partial charge in [-0.05, 0) is 59.5 Å². The zero-order chi connectivity index (χ0) is 25.9. The van der Waals surface area contributed by atoms with Crippen molar-refractivity contribution in [2.45, 2.75) is 19.4 Å². The lowest BCUT2D eigenvalue weighted by molar-refractivity contribution is 0.500. The molecule has 2 aliphatic rings. The quantitative estimate of drug-likeness (QED) is 0.402. The first-order valence-corrected chi connectivity index (χ1v) is 12.8. The number of anilines is 4. The smallest absolute Gasteiger partial charge is 0.227 e. The third-order valence-corrected chi connectivity index (χ3v) is 6.97. The molecule has 0 aliphatic carbocycles. The number of nitrogens with zero attached hydrogens (tertiary/aromatic N) is 6. The van der Waals surface area contributed by atoms with Gasteiger partial charge in [0.15, 0.2) is 11.6 Å². The number of piperazine rings is 1. The number of fused-ring (bicyclic) bond motifs is 1. The van der Waals surface area contributed by atoms with E-state index in [-0.39, 0.29) is 12.0 Å². The third kappa shape index (κ3) is 5.26. The van der Waals surface area contributed by atoms with Gasteiger partial charge in [0.2, 0.25) is 11.9 Å². The van der Waals surface area contributed by atoms with Crippen molar-refractivity contribution in [2.75, 3.05) is 47.8 Å². The minimum Gasteiger partial charge on any atom is -0.340 e. The summed E-state index contributed by atoms with van der Waals surface area (Å²) in [5.74, 6) is 0.386. The normalized spacial score (nSPS) is 15.3. The van der Waals surface area contributed by atoms with E-state index < -0.39 is 11.6 Å². The van der Waals surface area contributed by atoms with E-state index >= 15 is 0 Å². The Kier molecular flexibility index (Phi) is 6.78. The van der Waals surface area contributed by atoms with Crippen LogP contribution in [-0.2, 0) is 19.4 Å². The summed E-state index contributed by atoms with van der Waals surface area (Å²) in [6.45, 7) is 4.81.